The average molecular weight is 421 g/mol. The molecular weight excluding hydrogens is 394 g/mol. The fourth-order valence-corrected chi connectivity index (χ4v) is 3.67. The maximum atomic E-state index is 11.4. The SMILES string of the molecule is COc1cc(-c2cc3ncccc3c(OCCC3CNC(=O)C3)n2)ccc1OC(C)C. The molecule has 1 atom stereocenters. The molecule has 0 radical (unpaired) electrons. The molecule has 7 heteroatoms. The number of carbonyl (C=O) groups is 1. The van der Waals surface area contributed by atoms with Crippen LogP contribution in [0, 0.1) is 5.92 Å². The largest absolute Gasteiger partial charge is 0.493 e. The van der Waals surface area contributed by atoms with Crippen LogP contribution < -0.4 is 19.5 Å². The number of nitrogens with one attached hydrogen (secondary N) is 1. The molecule has 1 saturated heterocycles. The lowest BCUT2D eigenvalue weighted by Gasteiger charge is -2.15. The van der Waals surface area contributed by atoms with E-state index in [2.05, 4.69) is 10.3 Å². The molecule has 0 spiro atoms. The van der Waals surface area contributed by atoms with Crippen molar-refractivity contribution in [3.63, 3.8) is 0 Å². The highest BCUT2D eigenvalue weighted by atomic mass is 16.5. The molecule has 1 aliphatic rings. The number of amides is 1. The lowest BCUT2D eigenvalue weighted by atomic mass is 10.1. The van der Waals surface area contributed by atoms with Crippen molar-refractivity contribution in [1.29, 1.82) is 0 Å². The predicted octanol–water partition coefficient (Wildman–Crippen LogP) is 4.00. The molecule has 7 nitrogen and oxygen atoms in total. The molecule has 31 heavy (non-hydrogen) atoms. The van der Waals surface area contributed by atoms with Crippen LogP contribution in [0.25, 0.3) is 22.2 Å². The number of rotatable bonds is 8. The van der Waals surface area contributed by atoms with Gasteiger partial charge in [0.15, 0.2) is 11.5 Å². The number of pyridine rings is 2. The summed E-state index contributed by atoms with van der Waals surface area (Å²) in [7, 11) is 1.62. The molecule has 162 valence electrons. The lowest BCUT2D eigenvalue weighted by Crippen LogP contribution is -2.14. The standard InChI is InChI=1S/C24H27N3O4/c1-15(2)31-21-7-6-17(12-22(21)29-3)19-13-20-18(5-4-9-25-20)24(27-19)30-10-8-16-11-23(28)26-14-16/h4-7,9,12-13,15-16H,8,10-11,14H2,1-3H3,(H,26,28). The highest BCUT2D eigenvalue weighted by Crippen LogP contribution is 2.35. The molecular formula is C24H27N3O4. The van der Waals surface area contributed by atoms with Crippen molar-refractivity contribution in [2.24, 2.45) is 5.92 Å². The van der Waals surface area contributed by atoms with Crippen LogP contribution in [0.15, 0.2) is 42.6 Å². The first kappa shape index (κ1) is 20.9. The average Bonchev–Trinajstić information content (AvgIpc) is 3.18. The molecule has 0 bridgehead atoms. The molecule has 1 amide bonds. The van der Waals surface area contributed by atoms with E-state index in [9.17, 15) is 4.79 Å². The van der Waals surface area contributed by atoms with Crippen LogP contribution in [0.1, 0.15) is 26.7 Å². The number of ether oxygens (including phenoxy) is 3. The van der Waals surface area contributed by atoms with Crippen LogP contribution in [0.5, 0.6) is 17.4 Å². The first-order valence-corrected chi connectivity index (χ1v) is 10.5. The number of hydrogen-bond donors (Lipinski definition) is 1. The smallest absolute Gasteiger partial charge is 0.223 e. The predicted molar refractivity (Wildman–Crippen MR) is 119 cm³/mol. The zero-order valence-electron chi connectivity index (χ0n) is 18.1. The Kier molecular flexibility index (Phi) is 6.21. The minimum absolute atomic E-state index is 0.0492. The molecule has 4 rings (SSSR count). The van der Waals surface area contributed by atoms with Crippen LogP contribution in [-0.2, 0) is 4.79 Å². The van der Waals surface area contributed by atoms with Gasteiger partial charge in [0.05, 0.1) is 36.4 Å². The van der Waals surface area contributed by atoms with E-state index in [1.54, 1.807) is 13.3 Å². The van der Waals surface area contributed by atoms with Gasteiger partial charge in [-0.3, -0.25) is 9.78 Å². The Morgan fingerprint density at radius 1 is 1.19 bits per heavy atom. The first-order valence-electron chi connectivity index (χ1n) is 10.5. The summed E-state index contributed by atoms with van der Waals surface area (Å²) >= 11 is 0. The number of methoxy groups -OCH3 is 1. The Morgan fingerprint density at radius 3 is 2.81 bits per heavy atom. The van der Waals surface area contributed by atoms with E-state index >= 15 is 0 Å². The van der Waals surface area contributed by atoms with E-state index in [0.29, 0.717) is 42.9 Å². The highest BCUT2D eigenvalue weighted by molar-refractivity contribution is 5.87. The fourth-order valence-electron chi connectivity index (χ4n) is 3.67. The zero-order chi connectivity index (χ0) is 21.8. The molecule has 1 fully saturated rings. The molecule has 0 aliphatic carbocycles. The summed E-state index contributed by atoms with van der Waals surface area (Å²) in [6, 6.07) is 11.5. The van der Waals surface area contributed by atoms with Gasteiger partial charge in [-0.25, -0.2) is 4.98 Å². The summed E-state index contributed by atoms with van der Waals surface area (Å²) in [6.45, 7) is 5.16. The van der Waals surface area contributed by atoms with E-state index in [0.717, 1.165) is 28.6 Å². The Bertz CT molecular complexity index is 1080. The van der Waals surface area contributed by atoms with Gasteiger partial charge < -0.3 is 19.5 Å². The van der Waals surface area contributed by atoms with E-state index in [1.165, 1.54) is 0 Å². The fraction of sp³-hybridized carbons (Fsp3) is 0.375. The molecule has 1 N–H and O–H groups in total. The summed E-state index contributed by atoms with van der Waals surface area (Å²) in [5.41, 5.74) is 2.44. The van der Waals surface area contributed by atoms with E-state index in [4.69, 9.17) is 19.2 Å². The van der Waals surface area contributed by atoms with Crippen molar-refractivity contribution in [3.05, 3.63) is 42.6 Å². The van der Waals surface area contributed by atoms with Crippen molar-refractivity contribution < 1.29 is 19.0 Å². The Hall–Kier alpha value is -3.35. The van der Waals surface area contributed by atoms with Crippen LogP contribution in [0.4, 0.5) is 0 Å². The second kappa shape index (κ2) is 9.20. The van der Waals surface area contributed by atoms with Gasteiger partial charge in [-0.1, -0.05) is 0 Å². The number of hydrogen-bond acceptors (Lipinski definition) is 6. The topological polar surface area (TPSA) is 82.6 Å². The number of carbonyl (C=O) groups excluding carboxylic acids is 1. The molecule has 2 aromatic heterocycles. The molecule has 0 saturated carbocycles. The monoisotopic (exact) mass is 421 g/mol. The third-order valence-electron chi connectivity index (χ3n) is 5.21. The van der Waals surface area contributed by atoms with Gasteiger partial charge in [-0.15, -0.1) is 0 Å². The Balaban J connectivity index is 1.61. The maximum absolute atomic E-state index is 11.4. The summed E-state index contributed by atoms with van der Waals surface area (Å²) in [5.74, 6) is 2.29. The van der Waals surface area contributed by atoms with Crippen LogP contribution >= 0.6 is 0 Å². The van der Waals surface area contributed by atoms with Gasteiger partial charge >= 0.3 is 0 Å². The Labute approximate surface area is 181 Å². The van der Waals surface area contributed by atoms with Gasteiger partial charge in [-0.2, -0.15) is 0 Å². The van der Waals surface area contributed by atoms with Gasteiger partial charge in [-0.05, 0) is 62.6 Å². The van der Waals surface area contributed by atoms with Crippen molar-refractivity contribution in [2.75, 3.05) is 20.3 Å². The molecule has 1 unspecified atom stereocenters. The molecule has 1 aliphatic heterocycles. The third-order valence-corrected chi connectivity index (χ3v) is 5.21. The van der Waals surface area contributed by atoms with E-state index in [-0.39, 0.29) is 12.0 Å². The second-order valence-electron chi connectivity index (χ2n) is 7.93. The summed E-state index contributed by atoms with van der Waals surface area (Å²) < 4.78 is 17.4. The van der Waals surface area contributed by atoms with E-state index in [1.807, 2.05) is 50.2 Å². The number of fused-ring (bicyclic) bond motifs is 1. The first-order chi connectivity index (χ1) is 15.0. The number of aromatic nitrogens is 2. The second-order valence-corrected chi connectivity index (χ2v) is 7.93. The van der Waals surface area contributed by atoms with Crippen molar-refractivity contribution in [1.82, 2.24) is 15.3 Å². The third kappa shape index (κ3) is 4.87. The highest BCUT2D eigenvalue weighted by Gasteiger charge is 2.21. The van der Waals surface area contributed by atoms with Gasteiger partial charge in [0.1, 0.15) is 0 Å². The van der Waals surface area contributed by atoms with Crippen LogP contribution in [0.2, 0.25) is 0 Å². The minimum Gasteiger partial charge on any atom is -0.493 e. The number of benzene rings is 1. The lowest BCUT2D eigenvalue weighted by molar-refractivity contribution is -0.119. The van der Waals surface area contributed by atoms with Crippen molar-refractivity contribution in [2.45, 2.75) is 32.8 Å². The van der Waals surface area contributed by atoms with Crippen molar-refractivity contribution >= 4 is 16.8 Å². The molecule has 3 heterocycles. The van der Waals surface area contributed by atoms with E-state index < -0.39 is 0 Å². The van der Waals surface area contributed by atoms with Gasteiger partial charge in [0.2, 0.25) is 11.8 Å². The summed E-state index contributed by atoms with van der Waals surface area (Å²) in [4.78, 5) is 20.7. The van der Waals surface area contributed by atoms with Gasteiger partial charge in [0, 0.05) is 24.7 Å². The minimum atomic E-state index is 0.0492. The normalized spacial score (nSPS) is 15.9. The molecule has 1 aromatic carbocycles. The zero-order valence-corrected chi connectivity index (χ0v) is 18.1. The Morgan fingerprint density at radius 2 is 2.06 bits per heavy atom. The summed E-state index contributed by atoms with van der Waals surface area (Å²) in [6.07, 6.45) is 3.16. The summed E-state index contributed by atoms with van der Waals surface area (Å²) in [5, 5.41) is 3.72. The number of nitrogens with zero attached hydrogens (tertiary/aromatic N) is 2. The van der Waals surface area contributed by atoms with Gasteiger partial charge in [0.25, 0.3) is 0 Å². The van der Waals surface area contributed by atoms with Crippen LogP contribution in [0.3, 0.4) is 0 Å². The van der Waals surface area contributed by atoms with Crippen molar-refractivity contribution in [3.8, 4) is 28.6 Å². The molecule has 3 aromatic rings. The quantitative estimate of drug-likeness (QED) is 0.592. The van der Waals surface area contributed by atoms with Crippen LogP contribution in [-0.4, -0.2) is 42.2 Å². The maximum Gasteiger partial charge on any atom is 0.223 e.